The molecule has 0 bridgehead atoms. The molecule has 2 aliphatic carbocycles. The maximum absolute atomic E-state index is 14.9. The summed E-state index contributed by atoms with van der Waals surface area (Å²) in [7, 11) is 0. The second kappa shape index (κ2) is 7.83. The fraction of sp³-hybridized carbons (Fsp3) is 0.400. The van der Waals surface area contributed by atoms with Crippen LogP contribution in [-0.4, -0.2) is 29.7 Å². The molecule has 2 saturated carbocycles. The molecule has 4 aromatic rings. The van der Waals surface area contributed by atoms with Crippen LogP contribution < -0.4 is 0 Å². The van der Waals surface area contributed by atoms with Crippen LogP contribution >= 0.6 is 11.6 Å². The fourth-order valence-corrected chi connectivity index (χ4v) is 4.96. The molecule has 3 aromatic heterocycles. The minimum absolute atomic E-state index is 0.182. The lowest BCUT2D eigenvalue weighted by atomic mass is 9.99. The first kappa shape index (κ1) is 20.7. The SMILES string of the molecule is Cc1nc2nc([C@H]3CC[C@H](c4cnn(C5CC5)c4)C3)nc(-c3ccc(Cl)cc3F)c2nc1C. The smallest absolute Gasteiger partial charge is 0.182 e. The van der Waals surface area contributed by atoms with Crippen LogP contribution in [0.1, 0.15) is 72.8 Å². The van der Waals surface area contributed by atoms with Gasteiger partial charge in [0.15, 0.2) is 5.65 Å². The molecular weight excluding hydrogens is 439 g/mol. The van der Waals surface area contributed by atoms with Gasteiger partial charge in [-0.3, -0.25) is 4.68 Å². The van der Waals surface area contributed by atoms with Gasteiger partial charge in [0.05, 0.1) is 23.6 Å². The molecule has 2 aliphatic rings. The van der Waals surface area contributed by atoms with Crippen LogP contribution in [0, 0.1) is 19.7 Å². The maximum Gasteiger partial charge on any atom is 0.182 e. The van der Waals surface area contributed by atoms with Crippen molar-refractivity contribution >= 4 is 22.8 Å². The highest BCUT2D eigenvalue weighted by atomic mass is 35.5. The van der Waals surface area contributed by atoms with Gasteiger partial charge >= 0.3 is 0 Å². The number of aromatic nitrogens is 6. The van der Waals surface area contributed by atoms with E-state index in [1.54, 1.807) is 12.1 Å². The van der Waals surface area contributed by atoms with Gasteiger partial charge in [0.1, 0.15) is 22.9 Å². The van der Waals surface area contributed by atoms with Crippen molar-refractivity contribution in [1.82, 2.24) is 29.7 Å². The number of halogens is 2. The molecule has 2 atom stereocenters. The van der Waals surface area contributed by atoms with Gasteiger partial charge in [0, 0.05) is 22.7 Å². The minimum atomic E-state index is -0.426. The monoisotopic (exact) mass is 462 g/mol. The predicted molar refractivity (Wildman–Crippen MR) is 125 cm³/mol. The lowest BCUT2D eigenvalue weighted by Gasteiger charge is -2.14. The van der Waals surface area contributed by atoms with Gasteiger partial charge < -0.3 is 0 Å². The number of hydrogen-bond acceptors (Lipinski definition) is 5. The molecule has 6 rings (SSSR count). The normalized spacial score (nSPS) is 20.6. The summed E-state index contributed by atoms with van der Waals surface area (Å²) >= 11 is 6.00. The summed E-state index contributed by atoms with van der Waals surface area (Å²) in [5, 5.41) is 4.91. The van der Waals surface area contributed by atoms with Gasteiger partial charge in [-0.15, -0.1) is 0 Å². The molecule has 0 saturated heterocycles. The average Bonchev–Trinajstić information content (AvgIpc) is 3.31. The van der Waals surface area contributed by atoms with Crippen LogP contribution in [0.2, 0.25) is 5.02 Å². The highest BCUT2D eigenvalue weighted by Crippen LogP contribution is 2.44. The summed E-state index contributed by atoms with van der Waals surface area (Å²) < 4.78 is 17.0. The molecule has 0 aliphatic heterocycles. The van der Waals surface area contributed by atoms with Crippen LogP contribution in [0.25, 0.3) is 22.4 Å². The molecule has 0 spiro atoms. The van der Waals surface area contributed by atoms with E-state index in [-0.39, 0.29) is 5.92 Å². The van der Waals surface area contributed by atoms with Crippen LogP contribution in [-0.2, 0) is 0 Å². The van der Waals surface area contributed by atoms with Crippen molar-refractivity contribution in [3.05, 3.63) is 64.2 Å². The van der Waals surface area contributed by atoms with Gasteiger partial charge in [-0.05, 0) is 75.6 Å². The number of aryl methyl sites for hydroxylation is 2. The zero-order valence-corrected chi connectivity index (χ0v) is 19.3. The Balaban J connectivity index is 1.40. The van der Waals surface area contributed by atoms with E-state index in [0.717, 1.165) is 30.7 Å². The van der Waals surface area contributed by atoms with E-state index in [1.807, 2.05) is 20.0 Å². The molecule has 168 valence electrons. The zero-order chi connectivity index (χ0) is 22.7. The maximum atomic E-state index is 14.9. The van der Waals surface area contributed by atoms with Gasteiger partial charge in [-0.1, -0.05) is 11.6 Å². The number of rotatable bonds is 4. The first-order valence-electron chi connectivity index (χ1n) is 11.5. The molecule has 0 N–H and O–H groups in total. The molecule has 0 unspecified atom stereocenters. The lowest BCUT2D eigenvalue weighted by Crippen LogP contribution is -2.07. The highest BCUT2D eigenvalue weighted by molar-refractivity contribution is 6.30. The van der Waals surface area contributed by atoms with E-state index in [0.29, 0.717) is 45.2 Å². The number of fused-ring (bicyclic) bond motifs is 1. The number of benzene rings is 1. The van der Waals surface area contributed by atoms with Crippen molar-refractivity contribution < 1.29 is 4.39 Å². The highest BCUT2D eigenvalue weighted by Gasteiger charge is 2.32. The van der Waals surface area contributed by atoms with Crippen molar-refractivity contribution in [2.45, 2.75) is 63.8 Å². The van der Waals surface area contributed by atoms with Crippen molar-refractivity contribution in [3.63, 3.8) is 0 Å². The molecule has 1 aromatic carbocycles. The third-order valence-electron chi connectivity index (χ3n) is 6.96. The average molecular weight is 463 g/mol. The summed E-state index contributed by atoms with van der Waals surface area (Å²) in [6.07, 6.45) is 9.66. The van der Waals surface area contributed by atoms with Gasteiger partial charge in [0.2, 0.25) is 0 Å². The third-order valence-corrected chi connectivity index (χ3v) is 7.19. The van der Waals surface area contributed by atoms with Crippen LogP contribution in [0.15, 0.2) is 30.6 Å². The van der Waals surface area contributed by atoms with Crippen LogP contribution in [0.4, 0.5) is 4.39 Å². The summed E-state index contributed by atoms with van der Waals surface area (Å²) in [6.45, 7) is 3.80. The Morgan fingerprint density at radius 2 is 1.76 bits per heavy atom. The van der Waals surface area contributed by atoms with Crippen molar-refractivity contribution in [1.29, 1.82) is 0 Å². The van der Waals surface area contributed by atoms with Crippen molar-refractivity contribution in [3.8, 4) is 11.3 Å². The van der Waals surface area contributed by atoms with Crippen molar-refractivity contribution in [2.24, 2.45) is 0 Å². The fourth-order valence-electron chi connectivity index (χ4n) is 4.80. The quantitative estimate of drug-likeness (QED) is 0.367. The van der Waals surface area contributed by atoms with E-state index in [2.05, 4.69) is 25.9 Å². The second-order valence-electron chi connectivity index (χ2n) is 9.31. The minimum Gasteiger partial charge on any atom is -0.269 e. The molecule has 6 nitrogen and oxygen atoms in total. The topological polar surface area (TPSA) is 69.4 Å². The standard InChI is InChI=1S/C25H24ClFN6/c1-13-14(2)30-25-23(29-13)22(20-8-5-18(26)10-21(20)27)31-24(32-25)16-4-3-15(9-16)17-11-28-33(12-17)19-6-7-19/h5,8,10-12,15-16,19H,3-4,6-7,9H2,1-2H3/t15-,16-/m0/s1. The predicted octanol–water partition coefficient (Wildman–Crippen LogP) is 6.08. The Morgan fingerprint density at radius 1 is 0.970 bits per heavy atom. The Morgan fingerprint density at radius 3 is 2.55 bits per heavy atom. The van der Waals surface area contributed by atoms with Gasteiger partial charge in [-0.25, -0.2) is 24.3 Å². The molecule has 0 amide bonds. The summed E-state index contributed by atoms with van der Waals surface area (Å²) in [4.78, 5) is 19.0. The molecule has 3 heterocycles. The van der Waals surface area contributed by atoms with Crippen LogP contribution in [0.5, 0.6) is 0 Å². The summed E-state index contributed by atoms with van der Waals surface area (Å²) in [5.74, 6) is 0.899. The molecule has 8 heteroatoms. The van der Waals surface area contributed by atoms with E-state index >= 15 is 0 Å². The molecule has 33 heavy (non-hydrogen) atoms. The van der Waals surface area contributed by atoms with Crippen LogP contribution in [0.3, 0.4) is 0 Å². The van der Waals surface area contributed by atoms with E-state index in [1.165, 1.54) is 24.5 Å². The first-order valence-corrected chi connectivity index (χ1v) is 11.9. The van der Waals surface area contributed by atoms with E-state index < -0.39 is 5.82 Å². The Hall–Kier alpha value is -2.93. The Labute approximate surface area is 196 Å². The van der Waals surface area contributed by atoms with E-state index in [4.69, 9.17) is 21.6 Å². The lowest BCUT2D eigenvalue weighted by molar-refractivity contribution is 0.628. The van der Waals surface area contributed by atoms with Gasteiger partial charge in [0.25, 0.3) is 0 Å². The zero-order valence-electron chi connectivity index (χ0n) is 18.6. The Bertz CT molecular complexity index is 1380. The summed E-state index contributed by atoms with van der Waals surface area (Å²) in [5.41, 5.74) is 4.76. The molecule has 0 radical (unpaired) electrons. The molecular formula is C25H24ClFN6. The summed E-state index contributed by atoms with van der Waals surface area (Å²) in [6, 6.07) is 5.22. The number of hydrogen-bond donors (Lipinski definition) is 0. The third kappa shape index (κ3) is 3.78. The largest absolute Gasteiger partial charge is 0.269 e. The van der Waals surface area contributed by atoms with Gasteiger partial charge in [-0.2, -0.15) is 5.10 Å². The molecule has 2 fully saturated rings. The second-order valence-corrected chi connectivity index (χ2v) is 9.75. The first-order chi connectivity index (χ1) is 16.0. The van der Waals surface area contributed by atoms with E-state index in [9.17, 15) is 4.39 Å². The van der Waals surface area contributed by atoms with Crippen molar-refractivity contribution in [2.75, 3.05) is 0 Å². The Kier molecular flexibility index (Phi) is 4.91. The number of nitrogens with zero attached hydrogens (tertiary/aromatic N) is 6.